The predicted molar refractivity (Wildman–Crippen MR) is 61.9 cm³/mol. The molecule has 1 aromatic rings. The van der Waals surface area contributed by atoms with Crippen LogP contribution < -0.4 is 5.32 Å². The lowest BCUT2D eigenvalue weighted by atomic mass is 10.3. The Labute approximate surface area is 95.0 Å². The molecule has 0 spiro atoms. The van der Waals surface area contributed by atoms with Gasteiger partial charge in [0.05, 0.1) is 23.6 Å². The van der Waals surface area contributed by atoms with Crippen LogP contribution in [-0.2, 0) is 6.54 Å². The van der Waals surface area contributed by atoms with Gasteiger partial charge in [0.2, 0.25) is 0 Å². The fourth-order valence-corrected chi connectivity index (χ4v) is 2.39. The first kappa shape index (κ1) is 11.0. The van der Waals surface area contributed by atoms with E-state index in [2.05, 4.69) is 25.9 Å². The number of aromatic nitrogens is 2. The van der Waals surface area contributed by atoms with Crippen LogP contribution in [0.5, 0.6) is 0 Å². The average Bonchev–Trinajstić information content (AvgIpc) is 2.86. The molecule has 0 radical (unpaired) electrons. The summed E-state index contributed by atoms with van der Waals surface area (Å²) in [5.74, 6) is 0. The van der Waals surface area contributed by atoms with Crippen LogP contribution in [0.4, 0.5) is 0 Å². The second kappa shape index (κ2) is 5.53. The Kier molecular flexibility index (Phi) is 4.05. The molecular weight excluding hydrogens is 208 g/mol. The average molecular weight is 226 g/mol. The molecule has 1 aromatic heterocycles. The van der Waals surface area contributed by atoms with Gasteiger partial charge in [-0.2, -0.15) is 8.75 Å². The van der Waals surface area contributed by atoms with Crippen LogP contribution in [0.15, 0.2) is 6.20 Å². The van der Waals surface area contributed by atoms with Crippen molar-refractivity contribution in [1.82, 2.24) is 19.0 Å². The molecule has 0 aromatic carbocycles. The van der Waals surface area contributed by atoms with E-state index >= 15 is 0 Å². The fourth-order valence-electron chi connectivity index (χ4n) is 1.96. The molecule has 0 bridgehead atoms. The van der Waals surface area contributed by atoms with E-state index in [9.17, 15) is 0 Å². The van der Waals surface area contributed by atoms with E-state index in [-0.39, 0.29) is 0 Å². The van der Waals surface area contributed by atoms with Gasteiger partial charge in [-0.05, 0) is 32.9 Å². The number of likely N-dealkylation sites (tertiary alicyclic amines) is 1. The summed E-state index contributed by atoms with van der Waals surface area (Å²) in [5, 5.41) is 3.47. The van der Waals surface area contributed by atoms with Crippen molar-refractivity contribution in [2.75, 3.05) is 19.6 Å². The molecule has 0 saturated carbocycles. The molecule has 0 amide bonds. The summed E-state index contributed by atoms with van der Waals surface area (Å²) >= 11 is 1.27. The normalized spacial score (nSPS) is 19.5. The lowest BCUT2D eigenvalue weighted by molar-refractivity contribution is 0.298. The van der Waals surface area contributed by atoms with Crippen LogP contribution in [0.3, 0.4) is 0 Å². The zero-order chi connectivity index (χ0) is 10.5. The van der Waals surface area contributed by atoms with Crippen LogP contribution in [0, 0.1) is 0 Å². The van der Waals surface area contributed by atoms with Gasteiger partial charge in [0.15, 0.2) is 0 Å². The van der Waals surface area contributed by atoms with Crippen molar-refractivity contribution in [2.45, 2.75) is 32.4 Å². The Morgan fingerprint density at radius 3 is 3.00 bits per heavy atom. The summed E-state index contributed by atoms with van der Waals surface area (Å²) in [5.41, 5.74) is 1.05. The highest BCUT2D eigenvalue weighted by molar-refractivity contribution is 6.99. The maximum atomic E-state index is 4.17. The third-order valence-corrected chi connectivity index (χ3v) is 3.29. The zero-order valence-electron chi connectivity index (χ0n) is 9.15. The standard InChI is InChI=1S/C10H18N4S/c1-9(8-14-4-2-3-5-14)11-6-10-7-12-15-13-10/h7,9,11H,2-6,8H2,1H3. The quantitative estimate of drug-likeness (QED) is 0.816. The highest BCUT2D eigenvalue weighted by Crippen LogP contribution is 2.07. The third-order valence-electron chi connectivity index (χ3n) is 2.77. The van der Waals surface area contributed by atoms with Crippen molar-refractivity contribution >= 4 is 11.7 Å². The summed E-state index contributed by atoms with van der Waals surface area (Å²) in [6.45, 7) is 6.76. The molecule has 4 nitrogen and oxygen atoms in total. The minimum atomic E-state index is 0.532. The van der Waals surface area contributed by atoms with E-state index in [0.29, 0.717) is 6.04 Å². The van der Waals surface area contributed by atoms with Crippen LogP contribution in [0.25, 0.3) is 0 Å². The molecule has 15 heavy (non-hydrogen) atoms. The molecule has 1 saturated heterocycles. The number of hydrogen-bond acceptors (Lipinski definition) is 5. The van der Waals surface area contributed by atoms with Crippen molar-refractivity contribution in [2.24, 2.45) is 0 Å². The predicted octanol–water partition coefficient (Wildman–Crippen LogP) is 1.11. The van der Waals surface area contributed by atoms with Gasteiger partial charge in [0.1, 0.15) is 0 Å². The van der Waals surface area contributed by atoms with Crippen LogP contribution >= 0.6 is 11.7 Å². The fraction of sp³-hybridized carbons (Fsp3) is 0.800. The van der Waals surface area contributed by atoms with Gasteiger partial charge in [0, 0.05) is 19.1 Å². The van der Waals surface area contributed by atoms with E-state index in [1.807, 2.05) is 6.20 Å². The SMILES string of the molecule is CC(CN1CCCC1)NCc1cnsn1. The third kappa shape index (κ3) is 3.52. The van der Waals surface area contributed by atoms with Gasteiger partial charge in [-0.3, -0.25) is 0 Å². The van der Waals surface area contributed by atoms with E-state index in [4.69, 9.17) is 0 Å². The lowest BCUT2D eigenvalue weighted by Crippen LogP contribution is -2.37. The molecule has 1 unspecified atom stereocenters. The Balaban J connectivity index is 1.66. The van der Waals surface area contributed by atoms with Gasteiger partial charge in [-0.25, -0.2) is 0 Å². The first-order valence-electron chi connectivity index (χ1n) is 5.57. The highest BCUT2D eigenvalue weighted by atomic mass is 32.1. The first-order valence-corrected chi connectivity index (χ1v) is 6.30. The Morgan fingerprint density at radius 1 is 1.53 bits per heavy atom. The first-order chi connectivity index (χ1) is 7.34. The van der Waals surface area contributed by atoms with Gasteiger partial charge >= 0.3 is 0 Å². The van der Waals surface area contributed by atoms with Crippen molar-refractivity contribution in [3.63, 3.8) is 0 Å². The van der Waals surface area contributed by atoms with Crippen molar-refractivity contribution in [1.29, 1.82) is 0 Å². The van der Waals surface area contributed by atoms with Crippen LogP contribution in [0.1, 0.15) is 25.5 Å². The van der Waals surface area contributed by atoms with Crippen LogP contribution in [-0.4, -0.2) is 39.3 Å². The summed E-state index contributed by atoms with van der Waals surface area (Å²) < 4.78 is 8.16. The smallest absolute Gasteiger partial charge is 0.0880 e. The summed E-state index contributed by atoms with van der Waals surface area (Å²) in [7, 11) is 0. The Morgan fingerprint density at radius 2 is 2.33 bits per heavy atom. The van der Waals surface area contributed by atoms with E-state index in [0.717, 1.165) is 18.8 Å². The summed E-state index contributed by atoms with van der Waals surface area (Å²) in [4.78, 5) is 2.52. The van der Waals surface area contributed by atoms with Crippen molar-refractivity contribution in [3.8, 4) is 0 Å². The molecule has 5 heteroatoms. The summed E-state index contributed by atoms with van der Waals surface area (Å²) in [6.07, 6.45) is 4.56. The maximum Gasteiger partial charge on any atom is 0.0880 e. The number of nitrogens with zero attached hydrogens (tertiary/aromatic N) is 3. The van der Waals surface area contributed by atoms with Gasteiger partial charge in [0.25, 0.3) is 0 Å². The van der Waals surface area contributed by atoms with E-state index in [1.54, 1.807) is 0 Å². The topological polar surface area (TPSA) is 41.0 Å². The minimum Gasteiger partial charge on any atom is -0.307 e. The molecule has 1 aliphatic heterocycles. The van der Waals surface area contributed by atoms with Gasteiger partial charge in [-0.15, -0.1) is 0 Å². The number of hydrogen-bond donors (Lipinski definition) is 1. The second-order valence-electron chi connectivity index (χ2n) is 4.19. The largest absolute Gasteiger partial charge is 0.307 e. The Bertz CT molecular complexity index is 269. The summed E-state index contributed by atoms with van der Waals surface area (Å²) in [6, 6.07) is 0.532. The molecule has 1 aliphatic rings. The van der Waals surface area contributed by atoms with Crippen molar-refractivity contribution < 1.29 is 0 Å². The zero-order valence-corrected chi connectivity index (χ0v) is 9.96. The molecule has 1 fully saturated rings. The van der Waals surface area contributed by atoms with Gasteiger partial charge in [-0.1, -0.05) is 0 Å². The highest BCUT2D eigenvalue weighted by Gasteiger charge is 2.14. The Hall–Kier alpha value is -0.520. The molecule has 0 aliphatic carbocycles. The molecule has 2 rings (SSSR count). The van der Waals surface area contributed by atoms with E-state index < -0.39 is 0 Å². The molecule has 2 heterocycles. The second-order valence-corrected chi connectivity index (χ2v) is 4.75. The van der Waals surface area contributed by atoms with Gasteiger partial charge < -0.3 is 10.2 Å². The molecular formula is C10H18N4S. The number of nitrogens with one attached hydrogen (secondary N) is 1. The van der Waals surface area contributed by atoms with Crippen molar-refractivity contribution in [3.05, 3.63) is 11.9 Å². The molecule has 1 atom stereocenters. The monoisotopic (exact) mass is 226 g/mol. The van der Waals surface area contributed by atoms with E-state index in [1.165, 1.54) is 37.7 Å². The minimum absolute atomic E-state index is 0.532. The molecule has 84 valence electrons. The maximum absolute atomic E-state index is 4.17. The lowest BCUT2D eigenvalue weighted by Gasteiger charge is -2.20. The van der Waals surface area contributed by atoms with Crippen LogP contribution in [0.2, 0.25) is 0 Å². The number of rotatable bonds is 5. The molecule has 1 N–H and O–H groups in total.